The van der Waals surface area contributed by atoms with Gasteiger partial charge in [-0.15, -0.1) is 0 Å². The molecule has 1 aromatic carbocycles. The van der Waals surface area contributed by atoms with Gasteiger partial charge in [0.1, 0.15) is 10.7 Å². The van der Waals surface area contributed by atoms with Gasteiger partial charge in [-0.05, 0) is 25.0 Å². The van der Waals surface area contributed by atoms with Gasteiger partial charge in [-0.2, -0.15) is 13.9 Å². The van der Waals surface area contributed by atoms with Crippen molar-refractivity contribution in [2.75, 3.05) is 5.32 Å². The molecule has 2 aromatic rings. The van der Waals surface area contributed by atoms with Crippen LogP contribution in [0.5, 0.6) is 5.88 Å². The zero-order valence-electron chi connectivity index (χ0n) is 12.5. The third-order valence-electron chi connectivity index (χ3n) is 3.59. The molecule has 1 amide bonds. The molecule has 5 nitrogen and oxygen atoms in total. The first-order chi connectivity index (χ1) is 11.4. The fourth-order valence-corrected chi connectivity index (χ4v) is 2.71. The number of hydrogen-bond acceptors (Lipinski definition) is 3. The molecule has 0 radical (unpaired) electrons. The molecule has 1 aromatic heterocycles. The van der Waals surface area contributed by atoms with Crippen molar-refractivity contribution in [2.45, 2.75) is 19.5 Å². The van der Waals surface area contributed by atoms with Gasteiger partial charge >= 0.3 is 6.61 Å². The highest BCUT2D eigenvalue weighted by atomic mass is 35.5. The van der Waals surface area contributed by atoms with Crippen LogP contribution < -0.4 is 10.1 Å². The second-order valence-electron chi connectivity index (χ2n) is 5.43. The van der Waals surface area contributed by atoms with Gasteiger partial charge in [0, 0.05) is 18.5 Å². The van der Waals surface area contributed by atoms with Crippen LogP contribution in [0.2, 0.25) is 10.0 Å². The van der Waals surface area contributed by atoms with Gasteiger partial charge in [0.25, 0.3) is 0 Å². The van der Waals surface area contributed by atoms with E-state index in [4.69, 9.17) is 23.2 Å². The number of ether oxygens (including phenoxy) is 1. The van der Waals surface area contributed by atoms with Crippen LogP contribution in [-0.4, -0.2) is 22.3 Å². The van der Waals surface area contributed by atoms with Crippen LogP contribution >= 0.6 is 23.2 Å². The summed E-state index contributed by atoms with van der Waals surface area (Å²) in [5, 5.41) is 7.18. The van der Waals surface area contributed by atoms with Gasteiger partial charge in [0.15, 0.2) is 0 Å². The van der Waals surface area contributed by atoms with Crippen molar-refractivity contribution in [3.05, 3.63) is 28.2 Å². The molecule has 1 fully saturated rings. The Hall–Kier alpha value is -1.86. The Bertz CT molecular complexity index is 791. The number of halogens is 4. The first kappa shape index (κ1) is 17.0. The van der Waals surface area contributed by atoms with Gasteiger partial charge in [-0.25, -0.2) is 4.68 Å². The lowest BCUT2D eigenvalue weighted by atomic mass is 10.1. The third-order valence-corrected chi connectivity index (χ3v) is 4.26. The number of carbonyl (C=O) groups is 1. The number of aryl methyl sites for hydroxylation is 1. The molecule has 0 unspecified atom stereocenters. The highest BCUT2D eigenvalue weighted by Crippen LogP contribution is 2.38. The quantitative estimate of drug-likeness (QED) is 0.845. The minimum atomic E-state index is -3.01. The van der Waals surface area contributed by atoms with Crippen molar-refractivity contribution in [1.29, 1.82) is 0 Å². The lowest BCUT2D eigenvalue weighted by Gasteiger charge is -2.08. The van der Waals surface area contributed by atoms with Gasteiger partial charge < -0.3 is 10.1 Å². The van der Waals surface area contributed by atoms with Crippen molar-refractivity contribution in [3.8, 4) is 17.1 Å². The molecular formula is C15H13Cl2F2N3O2. The maximum Gasteiger partial charge on any atom is 0.388 e. The number of benzene rings is 1. The number of alkyl halides is 2. The van der Waals surface area contributed by atoms with Crippen LogP contribution in [-0.2, 0) is 11.8 Å². The Labute approximate surface area is 146 Å². The fourth-order valence-electron chi connectivity index (χ4n) is 2.23. The second kappa shape index (κ2) is 6.57. The van der Waals surface area contributed by atoms with Crippen molar-refractivity contribution in [2.24, 2.45) is 13.0 Å². The van der Waals surface area contributed by atoms with Gasteiger partial charge in [0.2, 0.25) is 11.8 Å². The number of hydrogen-bond donors (Lipinski definition) is 1. The molecule has 0 aliphatic heterocycles. The summed E-state index contributed by atoms with van der Waals surface area (Å²) >= 11 is 12.2. The lowest BCUT2D eigenvalue weighted by Crippen LogP contribution is -2.13. The van der Waals surface area contributed by atoms with Gasteiger partial charge in [-0.1, -0.05) is 29.3 Å². The van der Waals surface area contributed by atoms with E-state index in [1.54, 1.807) is 18.2 Å². The molecule has 1 saturated carbocycles. The Morgan fingerprint density at radius 2 is 2.12 bits per heavy atom. The summed E-state index contributed by atoms with van der Waals surface area (Å²) < 4.78 is 30.4. The van der Waals surface area contributed by atoms with Gasteiger partial charge in [0.05, 0.1) is 10.7 Å². The zero-order valence-corrected chi connectivity index (χ0v) is 14.0. The Kier molecular flexibility index (Phi) is 4.64. The number of nitrogens with one attached hydrogen (secondary N) is 1. The van der Waals surface area contributed by atoms with Crippen molar-refractivity contribution in [3.63, 3.8) is 0 Å². The van der Waals surface area contributed by atoms with E-state index < -0.39 is 6.61 Å². The summed E-state index contributed by atoms with van der Waals surface area (Å²) in [6, 6.07) is 4.82. The van der Waals surface area contributed by atoms with Crippen molar-refractivity contribution in [1.82, 2.24) is 9.78 Å². The van der Waals surface area contributed by atoms with Crippen molar-refractivity contribution >= 4 is 34.8 Å². The SMILES string of the molecule is Cn1nc(-c2ccc(Cl)c(NC(=O)C3CC3)c2)c(Cl)c1OC(F)F. The molecule has 0 spiro atoms. The predicted octanol–water partition coefficient (Wildman–Crippen LogP) is 4.34. The predicted molar refractivity (Wildman–Crippen MR) is 86.6 cm³/mol. The smallest absolute Gasteiger partial charge is 0.388 e. The zero-order chi connectivity index (χ0) is 17.4. The fraction of sp³-hybridized carbons (Fsp3) is 0.333. The Morgan fingerprint density at radius 3 is 2.75 bits per heavy atom. The maximum atomic E-state index is 12.4. The largest absolute Gasteiger partial charge is 0.416 e. The molecule has 9 heteroatoms. The maximum absolute atomic E-state index is 12.4. The second-order valence-corrected chi connectivity index (χ2v) is 6.21. The number of aromatic nitrogens is 2. The summed E-state index contributed by atoms with van der Waals surface area (Å²) in [6.45, 7) is -3.01. The Balaban J connectivity index is 1.93. The number of anilines is 1. The Morgan fingerprint density at radius 1 is 1.42 bits per heavy atom. The van der Waals surface area contributed by atoms with E-state index >= 15 is 0 Å². The molecule has 24 heavy (non-hydrogen) atoms. The average Bonchev–Trinajstić information content (AvgIpc) is 3.32. The highest BCUT2D eigenvalue weighted by molar-refractivity contribution is 6.35. The molecule has 0 atom stereocenters. The molecule has 3 rings (SSSR count). The van der Waals surface area contributed by atoms with E-state index in [2.05, 4.69) is 15.2 Å². The number of rotatable bonds is 5. The molecular weight excluding hydrogens is 363 g/mol. The normalized spacial score (nSPS) is 14.1. The van der Waals surface area contributed by atoms with E-state index in [0.29, 0.717) is 16.3 Å². The van der Waals surface area contributed by atoms with Crippen LogP contribution in [0.3, 0.4) is 0 Å². The molecule has 1 N–H and O–H groups in total. The molecule has 1 heterocycles. The summed E-state index contributed by atoms with van der Waals surface area (Å²) in [7, 11) is 1.44. The van der Waals surface area contributed by atoms with E-state index in [-0.39, 0.29) is 28.4 Å². The number of amides is 1. The molecule has 0 bridgehead atoms. The lowest BCUT2D eigenvalue weighted by molar-refractivity contribution is -0.117. The van der Waals surface area contributed by atoms with E-state index in [1.807, 2.05) is 0 Å². The van der Waals surface area contributed by atoms with E-state index in [1.165, 1.54) is 7.05 Å². The highest BCUT2D eigenvalue weighted by Gasteiger charge is 2.30. The van der Waals surface area contributed by atoms with Crippen LogP contribution in [0.1, 0.15) is 12.8 Å². The molecule has 0 saturated heterocycles. The van der Waals surface area contributed by atoms with E-state index in [9.17, 15) is 13.6 Å². The monoisotopic (exact) mass is 375 g/mol. The minimum absolute atomic E-state index is 0.0224. The molecule has 128 valence electrons. The standard InChI is InChI=1S/C15H13Cl2F2N3O2/c1-22-14(24-15(18)19)11(17)12(21-22)8-4-5-9(16)10(6-8)20-13(23)7-2-3-7/h4-7,15H,2-3H2,1H3,(H,20,23). The molecule has 1 aliphatic rings. The van der Waals surface area contributed by atoms with Crippen LogP contribution in [0, 0.1) is 5.92 Å². The van der Waals surface area contributed by atoms with Crippen LogP contribution in [0.15, 0.2) is 18.2 Å². The summed E-state index contributed by atoms with van der Waals surface area (Å²) in [5.41, 5.74) is 1.20. The molecule has 1 aliphatic carbocycles. The summed E-state index contributed by atoms with van der Waals surface area (Å²) in [4.78, 5) is 11.9. The van der Waals surface area contributed by atoms with Crippen molar-refractivity contribution < 1.29 is 18.3 Å². The number of carbonyl (C=O) groups excluding carboxylic acids is 1. The number of nitrogens with zero attached hydrogens (tertiary/aromatic N) is 2. The topological polar surface area (TPSA) is 56.2 Å². The van der Waals surface area contributed by atoms with Gasteiger partial charge in [-0.3, -0.25) is 4.79 Å². The third kappa shape index (κ3) is 3.47. The first-order valence-corrected chi connectivity index (χ1v) is 7.90. The first-order valence-electron chi connectivity index (χ1n) is 7.15. The summed E-state index contributed by atoms with van der Waals surface area (Å²) in [5.74, 6) is -0.308. The van der Waals surface area contributed by atoms with Crippen LogP contribution in [0.4, 0.5) is 14.5 Å². The van der Waals surface area contributed by atoms with E-state index in [0.717, 1.165) is 17.5 Å². The minimum Gasteiger partial charge on any atom is -0.416 e. The summed E-state index contributed by atoms with van der Waals surface area (Å²) in [6.07, 6.45) is 1.73. The van der Waals surface area contributed by atoms with Crippen LogP contribution in [0.25, 0.3) is 11.3 Å². The average molecular weight is 376 g/mol.